The maximum absolute atomic E-state index is 12.1. The first-order chi connectivity index (χ1) is 11.2. The number of hydrogen-bond acceptors (Lipinski definition) is 4. The number of anilines is 2. The number of rotatable bonds is 4. The molecule has 6 nitrogen and oxygen atoms in total. The summed E-state index contributed by atoms with van der Waals surface area (Å²) in [5.41, 5.74) is 1.56. The molecule has 0 spiro atoms. The molecule has 23 heavy (non-hydrogen) atoms. The van der Waals surface area contributed by atoms with Crippen LogP contribution >= 0.6 is 11.3 Å². The Morgan fingerprint density at radius 2 is 2.13 bits per heavy atom. The van der Waals surface area contributed by atoms with E-state index in [-0.39, 0.29) is 11.9 Å². The van der Waals surface area contributed by atoms with Crippen molar-refractivity contribution in [3.8, 4) is 0 Å². The quantitative estimate of drug-likeness (QED) is 0.803. The van der Waals surface area contributed by atoms with Gasteiger partial charge in [-0.05, 0) is 23.6 Å². The molecule has 7 heteroatoms. The average molecular weight is 330 g/mol. The highest BCUT2D eigenvalue weighted by molar-refractivity contribution is 7.09. The van der Waals surface area contributed by atoms with Crippen LogP contribution in [-0.2, 0) is 11.3 Å². The van der Waals surface area contributed by atoms with Crippen LogP contribution in [-0.4, -0.2) is 31.6 Å². The number of nitrogens with zero attached hydrogens (tertiary/aromatic N) is 1. The maximum atomic E-state index is 12.1. The number of hydrogen-bond donors (Lipinski definition) is 3. The van der Waals surface area contributed by atoms with Gasteiger partial charge in [-0.1, -0.05) is 18.2 Å². The molecule has 1 aliphatic rings. The lowest BCUT2D eigenvalue weighted by Gasteiger charge is -2.30. The third-order valence-electron chi connectivity index (χ3n) is 3.53. The largest absolute Gasteiger partial charge is 0.359 e. The van der Waals surface area contributed by atoms with Crippen molar-refractivity contribution in [1.82, 2.24) is 10.6 Å². The standard InChI is InChI=1S/C16H18N4O2S/c21-15-11-20(8-7-17-15)14-6-2-1-5-13(14)19-16(22)18-10-12-4-3-9-23-12/h1-6,9H,7-8,10-11H2,(H,17,21)(H2,18,19,22). The van der Waals surface area contributed by atoms with Crippen molar-refractivity contribution in [2.45, 2.75) is 6.54 Å². The van der Waals surface area contributed by atoms with Gasteiger partial charge in [0, 0.05) is 18.0 Å². The molecule has 3 amide bonds. The van der Waals surface area contributed by atoms with Crippen LogP contribution in [0, 0.1) is 0 Å². The smallest absolute Gasteiger partial charge is 0.319 e. The van der Waals surface area contributed by atoms with E-state index in [4.69, 9.17) is 0 Å². The first-order valence-corrected chi connectivity index (χ1v) is 8.28. The van der Waals surface area contributed by atoms with Gasteiger partial charge < -0.3 is 20.9 Å². The maximum Gasteiger partial charge on any atom is 0.319 e. The molecule has 1 aromatic carbocycles. The Balaban J connectivity index is 1.65. The first-order valence-electron chi connectivity index (χ1n) is 7.40. The summed E-state index contributed by atoms with van der Waals surface area (Å²) in [4.78, 5) is 26.7. The van der Waals surface area contributed by atoms with E-state index < -0.39 is 0 Å². The van der Waals surface area contributed by atoms with Crippen molar-refractivity contribution >= 4 is 34.6 Å². The number of carbonyl (C=O) groups excluding carboxylic acids is 2. The van der Waals surface area contributed by atoms with Gasteiger partial charge in [-0.2, -0.15) is 0 Å². The number of amides is 3. The first kappa shape index (κ1) is 15.4. The molecule has 1 fully saturated rings. The van der Waals surface area contributed by atoms with E-state index in [0.29, 0.717) is 25.3 Å². The molecule has 1 aromatic heterocycles. The fourth-order valence-electron chi connectivity index (χ4n) is 2.45. The molecular weight excluding hydrogens is 312 g/mol. The van der Waals surface area contributed by atoms with E-state index in [1.54, 1.807) is 11.3 Å². The minimum atomic E-state index is -0.257. The molecule has 2 heterocycles. The highest BCUT2D eigenvalue weighted by Crippen LogP contribution is 2.25. The second-order valence-corrected chi connectivity index (χ2v) is 6.21. The predicted molar refractivity (Wildman–Crippen MR) is 91.8 cm³/mol. The fraction of sp³-hybridized carbons (Fsp3) is 0.250. The molecule has 0 radical (unpaired) electrons. The minimum absolute atomic E-state index is 0.00630. The van der Waals surface area contributed by atoms with Gasteiger partial charge in [0.1, 0.15) is 0 Å². The van der Waals surface area contributed by atoms with Crippen molar-refractivity contribution in [2.24, 2.45) is 0 Å². The zero-order valence-electron chi connectivity index (χ0n) is 12.5. The van der Waals surface area contributed by atoms with E-state index in [0.717, 1.165) is 17.1 Å². The summed E-state index contributed by atoms with van der Waals surface area (Å²) in [5, 5.41) is 10.5. The Labute approximate surface area is 138 Å². The summed E-state index contributed by atoms with van der Waals surface area (Å²) < 4.78 is 0. The second kappa shape index (κ2) is 7.15. The van der Waals surface area contributed by atoms with E-state index >= 15 is 0 Å². The lowest BCUT2D eigenvalue weighted by Crippen LogP contribution is -2.48. The van der Waals surface area contributed by atoms with Crippen LogP contribution in [0.4, 0.5) is 16.2 Å². The monoisotopic (exact) mass is 330 g/mol. The van der Waals surface area contributed by atoms with Crippen LogP contribution in [0.3, 0.4) is 0 Å². The summed E-state index contributed by atoms with van der Waals surface area (Å²) >= 11 is 1.60. The number of piperazine rings is 1. The number of thiophene rings is 1. The third-order valence-corrected chi connectivity index (χ3v) is 4.41. The van der Waals surface area contributed by atoms with E-state index in [1.165, 1.54) is 0 Å². The van der Waals surface area contributed by atoms with Gasteiger partial charge in [-0.3, -0.25) is 4.79 Å². The minimum Gasteiger partial charge on any atom is -0.359 e. The van der Waals surface area contributed by atoms with Crippen molar-refractivity contribution in [2.75, 3.05) is 29.9 Å². The van der Waals surface area contributed by atoms with Crippen LogP contribution in [0.25, 0.3) is 0 Å². The Morgan fingerprint density at radius 1 is 1.26 bits per heavy atom. The van der Waals surface area contributed by atoms with E-state index in [1.807, 2.05) is 46.7 Å². The number of nitrogens with one attached hydrogen (secondary N) is 3. The summed E-state index contributed by atoms with van der Waals surface area (Å²) in [5.74, 6) is -0.00630. The van der Waals surface area contributed by atoms with Gasteiger partial charge in [0.05, 0.1) is 24.5 Å². The predicted octanol–water partition coefficient (Wildman–Crippen LogP) is 2.01. The molecule has 1 saturated heterocycles. The van der Waals surface area contributed by atoms with Crippen LogP contribution in [0.15, 0.2) is 41.8 Å². The summed E-state index contributed by atoms with van der Waals surface area (Å²) in [6.45, 7) is 2.13. The van der Waals surface area contributed by atoms with Gasteiger partial charge in [-0.25, -0.2) is 4.79 Å². The molecule has 0 atom stereocenters. The number of carbonyl (C=O) groups is 2. The van der Waals surface area contributed by atoms with Crippen molar-refractivity contribution < 1.29 is 9.59 Å². The van der Waals surface area contributed by atoms with Gasteiger partial charge in [0.15, 0.2) is 0 Å². The summed E-state index contributed by atoms with van der Waals surface area (Å²) in [6, 6.07) is 11.2. The van der Waals surface area contributed by atoms with E-state index in [9.17, 15) is 9.59 Å². The molecule has 3 N–H and O–H groups in total. The average Bonchev–Trinajstić information content (AvgIpc) is 3.07. The summed E-state index contributed by atoms with van der Waals surface area (Å²) in [6.07, 6.45) is 0. The molecule has 3 rings (SSSR count). The van der Waals surface area contributed by atoms with Crippen LogP contribution < -0.4 is 20.9 Å². The SMILES string of the molecule is O=C1CN(c2ccccc2NC(=O)NCc2cccs2)CCN1. The molecule has 0 bridgehead atoms. The lowest BCUT2D eigenvalue weighted by molar-refractivity contribution is -0.120. The zero-order valence-corrected chi connectivity index (χ0v) is 13.4. The van der Waals surface area contributed by atoms with Gasteiger partial charge >= 0.3 is 6.03 Å². The van der Waals surface area contributed by atoms with Crippen molar-refractivity contribution in [1.29, 1.82) is 0 Å². The zero-order chi connectivity index (χ0) is 16.1. The molecule has 0 saturated carbocycles. The van der Waals surface area contributed by atoms with Crippen LogP contribution in [0.5, 0.6) is 0 Å². The third kappa shape index (κ3) is 4.01. The highest BCUT2D eigenvalue weighted by Gasteiger charge is 2.19. The molecule has 0 unspecified atom stereocenters. The van der Waals surface area contributed by atoms with Crippen LogP contribution in [0.1, 0.15) is 4.88 Å². The molecule has 2 aromatic rings. The molecule has 0 aliphatic carbocycles. The van der Waals surface area contributed by atoms with Crippen LogP contribution in [0.2, 0.25) is 0 Å². The molecular formula is C16H18N4O2S. The normalized spacial score (nSPS) is 14.3. The number of urea groups is 1. The summed E-state index contributed by atoms with van der Waals surface area (Å²) in [7, 11) is 0. The Bertz CT molecular complexity index is 687. The number of benzene rings is 1. The Kier molecular flexibility index (Phi) is 4.77. The number of para-hydroxylation sites is 2. The fourth-order valence-corrected chi connectivity index (χ4v) is 3.09. The topological polar surface area (TPSA) is 73.5 Å². The Morgan fingerprint density at radius 3 is 2.91 bits per heavy atom. The lowest BCUT2D eigenvalue weighted by atomic mass is 10.2. The Hall–Kier alpha value is -2.54. The second-order valence-electron chi connectivity index (χ2n) is 5.18. The highest BCUT2D eigenvalue weighted by atomic mass is 32.1. The molecule has 120 valence electrons. The van der Waals surface area contributed by atoms with E-state index in [2.05, 4.69) is 16.0 Å². The van der Waals surface area contributed by atoms with Crippen molar-refractivity contribution in [3.63, 3.8) is 0 Å². The van der Waals surface area contributed by atoms with Gasteiger partial charge in [-0.15, -0.1) is 11.3 Å². The molecule has 1 aliphatic heterocycles. The van der Waals surface area contributed by atoms with Gasteiger partial charge in [0.25, 0.3) is 0 Å². The van der Waals surface area contributed by atoms with Gasteiger partial charge in [0.2, 0.25) is 5.91 Å². The van der Waals surface area contributed by atoms with Crippen molar-refractivity contribution in [3.05, 3.63) is 46.7 Å².